The van der Waals surface area contributed by atoms with E-state index in [-0.39, 0.29) is 36.2 Å². The molecule has 0 aliphatic heterocycles. The highest BCUT2D eigenvalue weighted by Crippen LogP contribution is 2.16. The Labute approximate surface area is 239 Å². The predicted octanol–water partition coefficient (Wildman–Crippen LogP) is 6.87. The van der Waals surface area contributed by atoms with Crippen molar-refractivity contribution in [3.63, 3.8) is 0 Å². The molecule has 39 heavy (non-hydrogen) atoms. The normalized spacial score (nSPS) is 12.9. The molecule has 0 aromatic heterocycles. The molecule has 0 aliphatic rings. The molecule has 0 radical (unpaired) electrons. The second-order valence-electron chi connectivity index (χ2n) is 8.71. The van der Waals surface area contributed by atoms with E-state index in [1.165, 1.54) is 24.9 Å². The number of methoxy groups -OCH3 is 1. The van der Waals surface area contributed by atoms with Crippen molar-refractivity contribution in [3.8, 4) is 5.75 Å². The molecular formula is C32H46N2O4S. The van der Waals surface area contributed by atoms with Crippen LogP contribution in [0.3, 0.4) is 0 Å². The summed E-state index contributed by atoms with van der Waals surface area (Å²) in [7, 11) is 1.52. The number of amides is 2. The van der Waals surface area contributed by atoms with Crippen LogP contribution in [0.15, 0.2) is 85.0 Å². The summed E-state index contributed by atoms with van der Waals surface area (Å²) in [5.74, 6) is 0.168. The highest BCUT2D eigenvalue weighted by molar-refractivity contribution is 8.00. The van der Waals surface area contributed by atoms with Crippen molar-refractivity contribution in [1.29, 1.82) is 0 Å². The number of carbonyl (C=O) groups is 2. The first-order valence-electron chi connectivity index (χ1n) is 13.8. The number of benzene rings is 1. The highest BCUT2D eigenvalue weighted by Gasteiger charge is 2.17. The van der Waals surface area contributed by atoms with Crippen LogP contribution in [0.1, 0.15) is 68.6 Å². The summed E-state index contributed by atoms with van der Waals surface area (Å²) < 4.78 is 5.31. The number of ether oxygens (including phenoxy) is 1. The Morgan fingerprint density at radius 2 is 1.41 bits per heavy atom. The maximum atomic E-state index is 12.3. The average molecular weight is 555 g/mol. The minimum Gasteiger partial charge on any atom is -0.507 e. The summed E-state index contributed by atoms with van der Waals surface area (Å²) in [6, 6.07) is 6.34. The molecule has 3 N–H and O–H groups in total. The van der Waals surface area contributed by atoms with Crippen LogP contribution >= 0.6 is 11.8 Å². The SMILES string of the molecule is CC/C=C\C/C=C\C/C=C\C/C=C\C/C=C\CCCCSC(OC)C(=O)NCCNC(=O)c1ccccc1O. The van der Waals surface area contributed by atoms with Crippen LogP contribution in [0.25, 0.3) is 0 Å². The van der Waals surface area contributed by atoms with Crippen molar-refractivity contribution in [2.45, 2.75) is 63.7 Å². The van der Waals surface area contributed by atoms with Gasteiger partial charge in [-0.1, -0.05) is 79.8 Å². The lowest BCUT2D eigenvalue weighted by molar-refractivity contribution is -0.126. The van der Waals surface area contributed by atoms with E-state index in [0.29, 0.717) is 0 Å². The number of thioether (sulfide) groups is 1. The van der Waals surface area contributed by atoms with Gasteiger partial charge in [0.05, 0.1) is 5.56 Å². The molecule has 6 nitrogen and oxygen atoms in total. The average Bonchev–Trinajstić information content (AvgIpc) is 2.94. The van der Waals surface area contributed by atoms with Gasteiger partial charge in [-0.05, 0) is 69.3 Å². The fraction of sp³-hybridized carbons (Fsp3) is 0.438. The third kappa shape index (κ3) is 18.0. The van der Waals surface area contributed by atoms with Crippen LogP contribution in [-0.2, 0) is 9.53 Å². The largest absolute Gasteiger partial charge is 0.507 e. The van der Waals surface area contributed by atoms with Crippen molar-refractivity contribution in [2.75, 3.05) is 26.0 Å². The van der Waals surface area contributed by atoms with Gasteiger partial charge >= 0.3 is 0 Å². The molecule has 1 rings (SSSR count). The molecule has 2 amide bonds. The summed E-state index contributed by atoms with van der Waals surface area (Å²) in [6.45, 7) is 2.68. The van der Waals surface area contributed by atoms with E-state index in [1.807, 2.05) is 0 Å². The van der Waals surface area contributed by atoms with Gasteiger partial charge in [-0.25, -0.2) is 0 Å². The van der Waals surface area contributed by atoms with Crippen LogP contribution in [0, 0.1) is 0 Å². The quantitative estimate of drug-likeness (QED) is 0.0877. The number of unbranched alkanes of at least 4 members (excludes halogenated alkanes) is 2. The zero-order chi connectivity index (χ0) is 28.4. The lowest BCUT2D eigenvalue weighted by atomic mass is 10.2. The van der Waals surface area contributed by atoms with Crippen LogP contribution in [0.2, 0.25) is 0 Å². The topological polar surface area (TPSA) is 87.7 Å². The predicted molar refractivity (Wildman–Crippen MR) is 165 cm³/mol. The van der Waals surface area contributed by atoms with Crippen LogP contribution in [-0.4, -0.2) is 48.3 Å². The standard InChI is InChI=1S/C32H46N2O4S/c1-3-4-5-6-7-8-9-10-11-12-13-14-15-16-17-18-19-22-27-39-32(38-2)31(37)34-26-25-33-30(36)28-23-20-21-24-29(28)35/h4-5,7-8,10-11,13-14,16-17,20-21,23-24,32,35H,3,6,9,12,15,18-19,22,25-27H2,1-2H3,(H,33,36)(H,34,37)/b5-4-,8-7-,11-10-,14-13-,17-16-. The lowest BCUT2D eigenvalue weighted by Crippen LogP contribution is -2.39. The first kappa shape index (κ1) is 34.0. The van der Waals surface area contributed by atoms with Gasteiger partial charge in [0.1, 0.15) is 5.75 Å². The number of rotatable bonds is 21. The van der Waals surface area contributed by atoms with Gasteiger partial charge < -0.3 is 20.5 Å². The summed E-state index contributed by atoms with van der Waals surface area (Å²) in [4.78, 5) is 24.4. The molecule has 1 aromatic carbocycles. The Morgan fingerprint density at radius 3 is 2.00 bits per heavy atom. The lowest BCUT2D eigenvalue weighted by Gasteiger charge is -2.15. The molecule has 0 spiro atoms. The number of phenols is 1. The third-order valence-electron chi connectivity index (χ3n) is 5.48. The van der Waals surface area contributed by atoms with Crippen LogP contribution < -0.4 is 10.6 Å². The minimum absolute atomic E-state index is 0.0729. The van der Waals surface area contributed by atoms with Crippen molar-refractivity contribution < 1.29 is 19.4 Å². The van der Waals surface area contributed by atoms with Crippen molar-refractivity contribution in [1.82, 2.24) is 10.6 Å². The molecule has 0 aliphatic carbocycles. The number of phenolic OH excluding ortho intramolecular Hbond substituents is 1. The molecule has 0 saturated carbocycles. The number of nitrogens with one attached hydrogen (secondary N) is 2. The van der Waals surface area contributed by atoms with E-state index >= 15 is 0 Å². The molecule has 1 atom stereocenters. The molecule has 0 fully saturated rings. The summed E-state index contributed by atoms with van der Waals surface area (Å²) in [5.41, 5.74) is -0.369. The van der Waals surface area contributed by atoms with Gasteiger partial charge in [-0.15, -0.1) is 11.8 Å². The van der Waals surface area contributed by atoms with Crippen LogP contribution in [0.4, 0.5) is 0 Å². The van der Waals surface area contributed by atoms with Gasteiger partial charge in [0, 0.05) is 20.2 Å². The molecule has 214 valence electrons. The Kier molecular flexibility index (Phi) is 21.0. The van der Waals surface area contributed by atoms with Gasteiger partial charge in [-0.2, -0.15) is 0 Å². The van der Waals surface area contributed by atoms with Crippen molar-refractivity contribution >= 4 is 23.6 Å². The molecule has 7 heteroatoms. The first-order chi connectivity index (χ1) is 19.1. The number of allylic oxidation sites excluding steroid dienone is 10. The number of para-hydroxylation sites is 1. The third-order valence-corrected chi connectivity index (χ3v) is 6.71. The fourth-order valence-electron chi connectivity index (χ4n) is 3.38. The van der Waals surface area contributed by atoms with Gasteiger partial charge in [-0.3, -0.25) is 9.59 Å². The van der Waals surface area contributed by atoms with Crippen molar-refractivity contribution in [3.05, 3.63) is 90.6 Å². The number of hydrogen-bond acceptors (Lipinski definition) is 5. The zero-order valence-corrected chi connectivity index (χ0v) is 24.3. The van der Waals surface area contributed by atoms with E-state index in [4.69, 9.17) is 4.74 Å². The van der Waals surface area contributed by atoms with Gasteiger partial charge in [0.15, 0.2) is 5.44 Å². The summed E-state index contributed by atoms with van der Waals surface area (Å²) in [5, 5.41) is 15.2. The second kappa shape index (κ2) is 24.0. The second-order valence-corrected chi connectivity index (χ2v) is 9.88. The Bertz CT molecular complexity index is 953. The highest BCUT2D eigenvalue weighted by atomic mass is 32.2. The molecule has 0 heterocycles. The van der Waals surface area contributed by atoms with Gasteiger partial charge in [0.2, 0.25) is 0 Å². The minimum atomic E-state index is -0.576. The first-order valence-corrected chi connectivity index (χ1v) is 14.9. The Balaban J connectivity index is 2.05. The van der Waals surface area contributed by atoms with Crippen LogP contribution in [0.5, 0.6) is 5.75 Å². The van der Waals surface area contributed by atoms with Crippen molar-refractivity contribution in [2.24, 2.45) is 0 Å². The van der Waals surface area contributed by atoms with E-state index < -0.39 is 5.44 Å². The molecular weight excluding hydrogens is 508 g/mol. The van der Waals surface area contributed by atoms with E-state index in [2.05, 4.69) is 78.3 Å². The zero-order valence-electron chi connectivity index (χ0n) is 23.5. The number of aromatic hydroxyl groups is 1. The van der Waals surface area contributed by atoms with E-state index in [1.54, 1.807) is 18.2 Å². The van der Waals surface area contributed by atoms with Gasteiger partial charge in [0.25, 0.3) is 11.8 Å². The number of hydrogen-bond donors (Lipinski definition) is 3. The summed E-state index contributed by atoms with van der Waals surface area (Å²) >= 11 is 1.48. The fourth-order valence-corrected chi connectivity index (χ4v) is 4.34. The molecule has 1 aromatic rings. The molecule has 1 unspecified atom stereocenters. The van der Waals surface area contributed by atoms with E-state index in [0.717, 1.165) is 57.1 Å². The smallest absolute Gasteiger partial charge is 0.259 e. The summed E-state index contributed by atoms with van der Waals surface area (Å²) in [6.07, 6.45) is 30.1. The Morgan fingerprint density at radius 1 is 0.846 bits per heavy atom. The van der Waals surface area contributed by atoms with E-state index in [9.17, 15) is 14.7 Å². The maximum Gasteiger partial charge on any atom is 0.259 e. The number of carbonyl (C=O) groups excluding carboxylic acids is 2. The Hall–Kier alpha value is -3.03. The maximum absolute atomic E-state index is 12.3. The molecule has 0 saturated heterocycles. The monoisotopic (exact) mass is 554 g/mol. The molecule has 0 bridgehead atoms.